The van der Waals surface area contributed by atoms with Gasteiger partial charge in [-0.3, -0.25) is 4.98 Å². The molecule has 182 valence electrons. The third kappa shape index (κ3) is 10.3. The van der Waals surface area contributed by atoms with Gasteiger partial charge in [-0.15, -0.1) is 0 Å². The molecule has 0 atom stereocenters. The van der Waals surface area contributed by atoms with Gasteiger partial charge in [0, 0.05) is 11.8 Å². The fraction of sp³-hybridized carbons (Fsp3) is 0.645. The molecule has 0 aliphatic heterocycles. The first kappa shape index (κ1) is 25.8. The maximum Gasteiger partial charge on any atom is 0.119 e. The monoisotopic (exact) mass is 449 g/mol. The van der Waals surface area contributed by atoms with E-state index in [0.717, 1.165) is 42.4 Å². The Kier molecular flexibility index (Phi) is 12.4. The lowest BCUT2D eigenvalue weighted by Gasteiger charge is -2.08. The minimum Gasteiger partial charge on any atom is -0.494 e. The molecule has 2 nitrogen and oxygen atoms in total. The first-order valence-electron chi connectivity index (χ1n) is 14.0. The van der Waals surface area contributed by atoms with Crippen molar-refractivity contribution in [2.45, 2.75) is 116 Å². The molecule has 1 fully saturated rings. The molecule has 1 heterocycles. The van der Waals surface area contributed by atoms with Crippen LogP contribution in [0.15, 0.2) is 42.6 Å². The first-order valence-corrected chi connectivity index (χ1v) is 14.0. The molecule has 0 unspecified atom stereocenters. The van der Waals surface area contributed by atoms with E-state index in [-0.39, 0.29) is 0 Å². The van der Waals surface area contributed by atoms with Gasteiger partial charge in [0.25, 0.3) is 0 Å². The number of hydrogen-bond donors (Lipinski definition) is 0. The van der Waals surface area contributed by atoms with Crippen molar-refractivity contribution in [3.63, 3.8) is 0 Å². The standard InChI is InChI=1S/C31H47NO/c1-2-3-4-9-14-25-33-30-22-20-29(21-23-30)31-24-19-28(26-32-31)18-11-8-6-5-7-10-15-27-16-12-13-17-27/h19-24,26-27H,2-18,25H2,1H3. The summed E-state index contributed by atoms with van der Waals surface area (Å²) >= 11 is 0. The van der Waals surface area contributed by atoms with Crippen LogP contribution >= 0.6 is 0 Å². The van der Waals surface area contributed by atoms with Gasteiger partial charge in [-0.1, -0.05) is 103 Å². The number of aromatic nitrogens is 1. The fourth-order valence-electron chi connectivity index (χ4n) is 5.13. The lowest BCUT2D eigenvalue weighted by atomic mass is 9.99. The molecule has 1 aliphatic rings. The van der Waals surface area contributed by atoms with Gasteiger partial charge in [0.2, 0.25) is 0 Å². The third-order valence-corrected chi connectivity index (χ3v) is 7.29. The van der Waals surface area contributed by atoms with E-state index in [4.69, 9.17) is 9.72 Å². The van der Waals surface area contributed by atoms with Crippen molar-refractivity contribution in [1.29, 1.82) is 0 Å². The van der Waals surface area contributed by atoms with Gasteiger partial charge >= 0.3 is 0 Å². The van der Waals surface area contributed by atoms with E-state index in [1.165, 1.54) is 102 Å². The zero-order chi connectivity index (χ0) is 23.0. The summed E-state index contributed by atoms with van der Waals surface area (Å²) in [6.45, 7) is 3.07. The molecule has 1 aromatic heterocycles. The number of nitrogens with zero attached hydrogens (tertiary/aromatic N) is 1. The van der Waals surface area contributed by atoms with Gasteiger partial charge in [-0.25, -0.2) is 0 Å². The molecule has 1 aliphatic carbocycles. The Morgan fingerprint density at radius 2 is 1.45 bits per heavy atom. The summed E-state index contributed by atoms with van der Waals surface area (Å²) < 4.78 is 5.88. The van der Waals surface area contributed by atoms with Crippen LogP contribution < -0.4 is 4.74 Å². The smallest absolute Gasteiger partial charge is 0.119 e. The van der Waals surface area contributed by atoms with Gasteiger partial charge in [-0.05, 0) is 61.1 Å². The van der Waals surface area contributed by atoms with Crippen LogP contribution in [0.3, 0.4) is 0 Å². The molecule has 1 saturated carbocycles. The molecular formula is C31H47NO. The van der Waals surface area contributed by atoms with Gasteiger partial charge in [-0.2, -0.15) is 0 Å². The van der Waals surface area contributed by atoms with Crippen molar-refractivity contribution >= 4 is 0 Å². The number of rotatable bonds is 17. The maximum absolute atomic E-state index is 5.88. The van der Waals surface area contributed by atoms with Crippen molar-refractivity contribution < 1.29 is 4.74 Å². The van der Waals surface area contributed by atoms with Crippen LogP contribution in [-0.2, 0) is 6.42 Å². The van der Waals surface area contributed by atoms with E-state index < -0.39 is 0 Å². The van der Waals surface area contributed by atoms with Crippen LogP contribution in [0.2, 0.25) is 0 Å². The average molecular weight is 450 g/mol. The lowest BCUT2D eigenvalue weighted by Crippen LogP contribution is -1.97. The quantitative estimate of drug-likeness (QED) is 0.224. The van der Waals surface area contributed by atoms with Gasteiger partial charge in [0.15, 0.2) is 0 Å². The number of ether oxygens (including phenoxy) is 1. The second-order valence-corrected chi connectivity index (χ2v) is 10.1. The zero-order valence-electron chi connectivity index (χ0n) is 21.2. The predicted octanol–water partition coefficient (Wildman–Crippen LogP) is 9.56. The van der Waals surface area contributed by atoms with E-state index in [1.54, 1.807) is 0 Å². The third-order valence-electron chi connectivity index (χ3n) is 7.29. The number of unbranched alkanes of at least 4 members (excludes halogenated alkanes) is 9. The molecule has 0 N–H and O–H groups in total. The summed E-state index contributed by atoms with van der Waals surface area (Å²) in [6.07, 6.45) is 25.4. The minimum atomic E-state index is 0.816. The van der Waals surface area contributed by atoms with E-state index in [9.17, 15) is 0 Å². The number of benzene rings is 1. The van der Waals surface area contributed by atoms with Crippen molar-refractivity contribution in [1.82, 2.24) is 4.98 Å². The molecule has 2 aromatic rings. The van der Waals surface area contributed by atoms with Crippen LogP contribution in [-0.4, -0.2) is 11.6 Å². The van der Waals surface area contributed by atoms with Crippen molar-refractivity contribution in [2.75, 3.05) is 6.61 Å². The minimum absolute atomic E-state index is 0.816. The van der Waals surface area contributed by atoms with Crippen LogP contribution in [0.5, 0.6) is 5.75 Å². The molecule has 2 heteroatoms. The summed E-state index contributed by atoms with van der Waals surface area (Å²) in [6, 6.07) is 12.8. The van der Waals surface area contributed by atoms with Crippen LogP contribution in [0.4, 0.5) is 0 Å². The second-order valence-electron chi connectivity index (χ2n) is 10.1. The molecule has 0 saturated heterocycles. The number of hydrogen-bond acceptors (Lipinski definition) is 2. The first-order chi connectivity index (χ1) is 16.3. The lowest BCUT2D eigenvalue weighted by molar-refractivity contribution is 0.304. The molecule has 0 bridgehead atoms. The fourth-order valence-corrected chi connectivity index (χ4v) is 5.13. The Bertz CT molecular complexity index is 731. The molecule has 0 radical (unpaired) electrons. The van der Waals surface area contributed by atoms with E-state index >= 15 is 0 Å². The Morgan fingerprint density at radius 1 is 0.758 bits per heavy atom. The Balaban J connectivity index is 1.26. The largest absolute Gasteiger partial charge is 0.494 e. The zero-order valence-corrected chi connectivity index (χ0v) is 21.2. The summed E-state index contributed by atoms with van der Waals surface area (Å²) in [7, 11) is 0. The summed E-state index contributed by atoms with van der Waals surface area (Å²) in [4.78, 5) is 4.72. The normalized spacial score (nSPS) is 14.1. The van der Waals surface area contributed by atoms with Crippen molar-refractivity contribution in [2.24, 2.45) is 5.92 Å². The average Bonchev–Trinajstić information content (AvgIpc) is 3.37. The van der Waals surface area contributed by atoms with Gasteiger partial charge in [0.1, 0.15) is 5.75 Å². The molecule has 3 rings (SSSR count). The highest BCUT2D eigenvalue weighted by molar-refractivity contribution is 5.60. The van der Waals surface area contributed by atoms with Crippen molar-refractivity contribution in [3.05, 3.63) is 48.2 Å². The highest BCUT2D eigenvalue weighted by atomic mass is 16.5. The highest BCUT2D eigenvalue weighted by Gasteiger charge is 2.13. The number of aryl methyl sites for hydroxylation is 1. The Morgan fingerprint density at radius 3 is 2.18 bits per heavy atom. The number of pyridine rings is 1. The summed E-state index contributed by atoms with van der Waals surface area (Å²) in [5.41, 5.74) is 3.57. The highest BCUT2D eigenvalue weighted by Crippen LogP contribution is 2.29. The SMILES string of the molecule is CCCCCCCOc1ccc(-c2ccc(CCCCCCCCC3CCCC3)cn2)cc1. The van der Waals surface area contributed by atoms with Gasteiger partial charge in [0.05, 0.1) is 12.3 Å². The molecule has 0 amide bonds. The van der Waals surface area contributed by atoms with E-state index in [1.807, 2.05) is 0 Å². The van der Waals surface area contributed by atoms with Crippen molar-refractivity contribution in [3.8, 4) is 17.0 Å². The Hall–Kier alpha value is -1.83. The maximum atomic E-state index is 5.88. The Labute approximate surface area is 203 Å². The van der Waals surface area contributed by atoms with Gasteiger partial charge < -0.3 is 4.74 Å². The van der Waals surface area contributed by atoms with E-state index in [0.29, 0.717) is 0 Å². The molecule has 33 heavy (non-hydrogen) atoms. The van der Waals surface area contributed by atoms with Crippen LogP contribution in [0.1, 0.15) is 115 Å². The summed E-state index contributed by atoms with van der Waals surface area (Å²) in [5.74, 6) is 2.03. The molecule has 1 aromatic carbocycles. The molecule has 0 spiro atoms. The second kappa shape index (κ2) is 15.9. The van der Waals surface area contributed by atoms with E-state index in [2.05, 4.69) is 49.5 Å². The molecular weight excluding hydrogens is 402 g/mol. The summed E-state index contributed by atoms with van der Waals surface area (Å²) in [5, 5.41) is 0. The van der Waals surface area contributed by atoms with Crippen LogP contribution in [0, 0.1) is 5.92 Å². The topological polar surface area (TPSA) is 22.1 Å². The predicted molar refractivity (Wildman–Crippen MR) is 142 cm³/mol. The van der Waals surface area contributed by atoms with Crippen LogP contribution in [0.25, 0.3) is 11.3 Å².